The van der Waals surface area contributed by atoms with Gasteiger partial charge in [0.2, 0.25) is 0 Å². The molecule has 0 aliphatic rings. The van der Waals surface area contributed by atoms with Crippen LogP contribution in [0.3, 0.4) is 0 Å². The summed E-state index contributed by atoms with van der Waals surface area (Å²) in [6.07, 6.45) is 7.73. The van der Waals surface area contributed by atoms with Crippen molar-refractivity contribution in [3.63, 3.8) is 0 Å². The molecule has 0 aliphatic heterocycles. The van der Waals surface area contributed by atoms with Crippen LogP contribution in [0.15, 0.2) is 54.6 Å². The van der Waals surface area contributed by atoms with Crippen molar-refractivity contribution in [2.24, 2.45) is 0 Å². The third-order valence-electron chi connectivity index (χ3n) is 6.00. The Labute approximate surface area is 184 Å². The summed E-state index contributed by atoms with van der Waals surface area (Å²) in [5, 5.41) is 0. The lowest BCUT2D eigenvalue weighted by atomic mass is 9.93. The van der Waals surface area contributed by atoms with Crippen LogP contribution in [-0.2, 0) is 38.5 Å². The van der Waals surface area contributed by atoms with Gasteiger partial charge in [-0.15, -0.1) is 0 Å². The van der Waals surface area contributed by atoms with Crippen molar-refractivity contribution in [1.29, 1.82) is 0 Å². The van der Waals surface area contributed by atoms with Gasteiger partial charge in [-0.05, 0) is 90.0 Å². The first kappa shape index (κ1) is 22.3. The second kappa shape index (κ2) is 10.6. The summed E-state index contributed by atoms with van der Waals surface area (Å²) in [5.74, 6) is 0. The maximum Gasteiger partial charge on any atom is -0.00254 e. The van der Waals surface area contributed by atoms with Gasteiger partial charge in [-0.2, -0.15) is 0 Å². The Morgan fingerprint density at radius 2 is 0.767 bits per heavy atom. The van der Waals surface area contributed by atoms with Crippen molar-refractivity contribution in [2.45, 2.75) is 79.6 Å². The molecule has 3 aromatic rings. The molecular formula is C30H38. The number of rotatable bonds is 9. The number of hydrogen-bond acceptors (Lipinski definition) is 0. The fourth-order valence-electron chi connectivity index (χ4n) is 4.55. The Morgan fingerprint density at radius 3 is 1.23 bits per heavy atom. The third kappa shape index (κ3) is 6.08. The van der Waals surface area contributed by atoms with Crippen molar-refractivity contribution < 1.29 is 0 Å². The Hall–Kier alpha value is -2.34. The smallest absolute Gasteiger partial charge is 0.00254 e. The minimum absolute atomic E-state index is 1.02. The topological polar surface area (TPSA) is 0 Å². The fraction of sp³-hybridized carbons (Fsp3) is 0.400. The normalized spacial score (nSPS) is 11.1. The Bertz CT molecular complexity index is 977. The van der Waals surface area contributed by atoms with Gasteiger partial charge >= 0.3 is 0 Å². The van der Waals surface area contributed by atoms with E-state index in [1.54, 1.807) is 0 Å². The zero-order valence-corrected chi connectivity index (χ0v) is 19.6. The van der Waals surface area contributed by atoms with Crippen molar-refractivity contribution in [3.05, 3.63) is 105 Å². The summed E-state index contributed by atoms with van der Waals surface area (Å²) in [4.78, 5) is 0. The highest BCUT2D eigenvalue weighted by atomic mass is 14.1. The summed E-state index contributed by atoms with van der Waals surface area (Å²) >= 11 is 0. The maximum atomic E-state index is 2.44. The molecule has 0 nitrogen and oxygen atoms in total. The van der Waals surface area contributed by atoms with Crippen LogP contribution in [0.4, 0.5) is 0 Å². The molecule has 0 unspecified atom stereocenters. The Kier molecular flexibility index (Phi) is 7.91. The van der Waals surface area contributed by atoms with Crippen LogP contribution >= 0.6 is 0 Å². The predicted molar refractivity (Wildman–Crippen MR) is 132 cm³/mol. The van der Waals surface area contributed by atoms with Crippen molar-refractivity contribution in [2.75, 3.05) is 0 Å². The van der Waals surface area contributed by atoms with E-state index in [0.717, 1.165) is 32.1 Å². The quantitative estimate of drug-likeness (QED) is 0.345. The highest BCUT2D eigenvalue weighted by Gasteiger charge is 2.07. The van der Waals surface area contributed by atoms with Gasteiger partial charge in [-0.25, -0.2) is 0 Å². The van der Waals surface area contributed by atoms with Crippen LogP contribution in [0.5, 0.6) is 0 Å². The lowest BCUT2D eigenvalue weighted by Crippen LogP contribution is -1.98. The van der Waals surface area contributed by atoms with E-state index in [0.29, 0.717) is 0 Å². The van der Waals surface area contributed by atoms with Gasteiger partial charge in [0.1, 0.15) is 0 Å². The molecule has 0 amide bonds. The van der Waals surface area contributed by atoms with Crippen LogP contribution < -0.4 is 0 Å². The van der Waals surface area contributed by atoms with Gasteiger partial charge in [-0.3, -0.25) is 0 Å². The molecule has 3 rings (SSSR count). The van der Waals surface area contributed by atoms with E-state index in [2.05, 4.69) is 89.2 Å². The molecule has 0 heteroatoms. The highest BCUT2D eigenvalue weighted by molar-refractivity contribution is 5.40. The van der Waals surface area contributed by atoms with Crippen LogP contribution in [0, 0.1) is 6.92 Å². The van der Waals surface area contributed by atoms with Crippen LogP contribution in [-0.4, -0.2) is 0 Å². The van der Waals surface area contributed by atoms with Gasteiger partial charge in [0.25, 0.3) is 0 Å². The summed E-state index contributed by atoms with van der Waals surface area (Å²) in [5.41, 5.74) is 13.0. The Balaban J connectivity index is 1.90. The molecular weight excluding hydrogens is 360 g/mol. The van der Waals surface area contributed by atoms with Gasteiger partial charge in [0.05, 0.1) is 0 Å². The molecule has 0 bridgehead atoms. The molecule has 0 N–H and O–H groups in total. The highest BCUT2D eigenvalue weighted by Crippen LogP contribution is 2.21. The monoisotopic (exact) mass is 398 g/mol. The second-order valence-corrected chi connectivity index (χ2v) is 8.81. The minimum atomic E-state index is 1.02. The molecule has 0 fully saturated rings. The first-order chi connectivity index (χ1) is 14.5. The van der Waals surface area contributed by atoms with Gasteiger partial charge < -0.3 is 0 Å². The molecule has 0 atom stereocenters. The van der Waals surface area contributed by atoms with Crippen LogP contribution in [0.2, 0.25) is 0 Å². The molecule has 3 aromatic carbocycles. The summed E-state index contributed by atoms with van der Waals surface area (Å²) < 4.78 is 0. The Morgan fingerprint density at radius 1 is 0.433 bits per heavy atom. The average molecular weight is 399 g/mol. The van der Waals surface area contributed by atoms with E-state index in [1.165, 1.54) is 62.9 Å². The SMILES string of the molecule is CCCc1cc(CC)cc(Cc2cc(CC)cc(Cc3cc(C)cc(CC)c3)c2)c1. The molecule has 0 saturated carbocycles. The first-order valence-electron chi connectivity index (χ1n) is 11.9. The van der Waals surface area contributed by atoms with Crippen LogP contribution in [0.1, 0.15) is 84.2 Å². The standard InChI is InChI=1S/C30H38/c1-6-10-26-13-24(8-3)15-28(18-26)20-30-17-25(9-4)16-29(21-30)19-27-12-22(5)11-23(7-2)14-27/h11-18,21H,6-10,19-20H2,1-5H3. The number of hydrogen-bond donors (Lipinski definition) is 0. The zero-order valence-electron chi connectivity index (χ0n) is 19.6. The first-order valence-corrected chi connectivity index (χ1v) is 11.9. The lowest BCUT2D eigenvalue weighted by Gasteiger charge is -2.13. The van der Waals surface area contributed by atoms with Crippen LogP contribution in [0.25, 0.3) is 0 Å². The molecule has 0 radical (unpaired) electrons. The maximum absolute atomic E-state index is 2.44. The molecule has 0 aromatic heterocycles. The molecule has 0 saturated heterocycles. The summed E-state index contributed by atoms with van der Waals surface area (Å²) in [7, 11) is 0. The molecule has 0 heterocycles. The van der Waals surface area contributed by atoms with Crippen molar-refractivity contribution in [1.82, 2.24) is 0 Å². The number of benzene rings is 3. The largest absolute Gasteiger partial charge is 0.0651 e. The van der Waals surface area contributed by atoms with Crippen molar-refractivity contribution in [3.8, 4) is 0 Å². The van der Waals surface area contributed by atoms with E-state index >= 15 is 0 Å². The fourth-order valence-corrected chi connectivity index (χ4v) is 4.55. The van der Waals surface area contributed by atoms with Gasteiger partial charge in [0.15, 0.2) is 0 Å². The van der Waals surface area contributed by atoms with E-state index in [1.807, 2.05) is 0 Å². The van der Waals surface area contributed by atoms with Gasteiger partial charge in [0, 0.05) is 0 Å². The molecule has 158 valence electrons. The van der Waals surface area contributed by atoms with E-state index < -0.39 is 0 Å². The number of aryl methyl sites for hydroxylation is 5. The molecule has 0 spiro atoms. The predicted octanol–water partition coefficient (Wildman–Crippen LogP) is 7.82. The summed E-state index contributed by atoms with van der Waals surface area (Å²) in [6, 6.07) is 21.5. The minimum Gasteiger partial charge on any atom is -0.0651 e. The second-order valence-electron chi connectivity index (χ2n) is 8.81. The van der Waals surface area contributed by atoms with Crippen molar-refractivity contribution >= 4 is 0 Å². The summed E-state index contributed by atoms with van der Waals surface area (Å²) in [6.45, 7) is 11.3. The third-order valence-corrected chi connectivity index (χ3v) is 6.00. The van der Waals surface area contributed by atoms with Gasteiger partial charge in [-0.1, -0.05) is 94.3 Å². The lowest BCUT2D eigenvalue weighted by molar-refractivity contribution is 0.912. The zero-order chi connectivity index (χ0) is 21.5. The van der Waals surface area contributed by atoms with E-state index in [4.69, 9.17) is 0 Å². The molecule has 0 aliphatic carbocycles. The molecule has 30 heavy (non-hydrogen) atoms. The average Bonchev–Trinajstić information content (AvgIpc) is 2.73. The van der Waals surface area contributed by atoms with E-state index in [9.17, 15) is 0 Å². The van der Waals surface area contributed by atoms with E-state index in [-0.39, 0.29) is 0 Å².